The van der Waals surface area contributed by atoms with Crippen LogP contribution >= 0.6 is 11.3 Å². The Balaban J connectivity index is 1.90. The van der Waals surface area contributed by atoms with Crippen molar-refractivity contribution in [2.75, 3.05) is 11.5 Å². The van der Waals surface area contributed by atoms with Crippen LogP contribution in [0.4, 0.5) is 5.69 Å². The van der Waals surface area contributed by atoms with E-state index in [2.05, 4.69) is 28.7 Å². The molecule has 8 heteroatoms. The molecule has 1 fully saturated rings. The molecule has 0 saturated heterocycles. The van der Waals surface area contributed by atoms with Crippen molar-refractivity contribution in [1.29, 1.82) is 0 Å². The first-order chi connectivity index (χ1) is 16.5. The fourth-order valence-electron chi connectivity index (χ4n) is 4.14. The molecule has 1 aliphatic rings. The lowest BCUT2D eigenvalue weighted by molar-refractivity contribution is -0.124. The number of carboxylic acid groups (broad SMARTS) is 1. The number of carbonyl (C=O) groups is 2. The molecule has 1 N–H and O–H groups in total. The molecule has 1 saturated carbocycles. The zero-order valence-electron chi connectivity index (χ0n) is 21.2. The lowest BCUT2D eigenvalue weighted by Crippen LogP contribution is -2.44. The molecule has 7 nitrogen and oxygen atoms in total. The third-order valence-corrected chi connectivity index (χ3v) is 7.14. The fraction of sp³-hybridized carbons (Fsp3) is 0.556. The van der Waals surface area contributed by atoms with Crippen LogP contribution in [0.5, 0.6) is 5.75 Å². The second kappa shape index (κ2) is 11.7. The lowest BCUT2D eigenvalue weighted by atomic mass is 9.82. The summed E-state index contributed by atoms with van der Waals surface area (Å²) in [6.45, 7) is 10.5. The standard InChI is InChI=1S/C27H35N3O4S/c1-18-6-8-20(9-7-18)25(31)30(19(2)11-13-34-21-15-28-17-29-16-21)23-14-22(10-12-27(3,4)5)35-24(23)26(32)33/h14-20H,6-9,11,13H2,1-5H3,(H,32,33)/t18-,19?,20-. The van der Waals surface area contributed by atoms with Crippen molar-refractivity contribution in [3.05, 3.63) is 34.5 Å². The van der Waals surface area contributed by atoms with Gasteiger partial charge in [-0.15, -0.1) is 11.3 Å². The molecule has 2 aromatic heterocycles. The Labute approximate surface area is 211 Å². The summed E-state index contributed by atoms with van der Waals surface area (Å²) in [7, 11) is 0. The van der Waals surface area contributed by atoms with Crippen LogP contribution in [-0.4, -0.2) is 39.6 Å². The molecular formula is C27H35N3O4S. The number of ether oxygens (including phenoxy) is 1. The van der Waals surface area contributed by atoms with E-state index in [-0.39, 0.29) is 28.2 Å². The van der Waals surface area contributed by atoms with Crippen molar-refractivity contribution in [1.82, 2.24) is 9.97 Å². The van der Waals surface area contributed by atoms with E-state index in [4.69, 9.17) is 4.74 Å². The van der Waals surface area contributed by atoms with Gasteiger partial charge in [-0.05, 0) is 65.4 Å². The number of nitrogens with zero attached hydrogens (tertiary/aromatic N) is 3. The summed E-state index contributed by atoms with van der Waals surface area (Å²) < 4.78 is 5.76. The average molecular weight is 498 g/mol. The maximum atomic E-state index is 13.8. The molecule has 1 unspecified atom stereocenters. The second-order valence-electron chi connectivity index (χ2n) is 10.4. The topological polar surface area (TPSA) is 92.6 Å². The van der Waals surface area contributed by atoms with Crippen molar-refractivity contribution in [2.24, 2.45) is 17.3 Å². The highest BCUT2D eigenvalue weighted by Crippen LogP contribution is 2.36. The van der Waals surface area contributed by atoms with Gasteiger partial charge in [-0.3, -0.25) is 4.79 Å². The van der Waals surface area contributed by atoms with E-state index < -0.39 is 5.97 Å². The predicted molar refractivity (Wildman–Crippen MR) is 138 cm³/mol. The van der Waals surface area contributed by atoms with Crippen molar-refractivity contribution >= 4 is 28.9 Å². The van der Waals surface area contributed by atoms with Gasteiger partial charge in [0.2, 0.25) is 5.91 Å². The van der Waals surface area contributed by atoms with Crippen LogP contribution in [0.1, 0.15) is 81.3 Å². The van der Waals surface area contributed by atoms with Crippen LogP contribution < -0.4 is 9.64 Å². The molecule has 0 bridgehead atoms. The minimum absolute atomic E-state index is 0.0110. The molecule has 0 radical (unpaired) electrons. The molecule has 2 heterocycles. The molecule has 0 spiro atoms. The highest BCUT2D eigenvalue weighted by molar-refractivity contribution is 7.15. The summed E-state index contributed by atoms with van der Waals surface area (Å²) in [5.41, 5.74) is 0.216. The Morgan fingerprint density at radius 1 is 1.23 bits per heavy atom. The minimum Gasteiger partial charge on any atom is -0.490 e. The van der Waals surface area contributed by atoms with Crippen LogP contribution in [0, 0.1) is 29.1 Å². The van der Waals surface area contributed by atoms with Crippen LogP contribution in [0.25, 0.3) is 0 Å². The highest BCUT2D eigenvalue weighted by Gasteiger charge is 2.34. The predicted octanol–water partition coefficient (Wildman–Crippen LogP) is 5.65. The summed E-state index contributed by atoms with van der Waals surface area (Å²) in [5.74, 6) is 6.28. The average Bonchev–Trinajstić information content (AvgIpc) is 3.23. The molecule has 2 aromatic rings. The van der Waals surface area contributed by atoms with Gasteiger partial charge in [-0.1, -0.05) is 18.8 Å². The smallest absolute Gasteiger partial charge is 0.348 e. The summed E-state index contributed by atoms with van der Waals surface area (Å²) >= 11 is 1.12. The number of aromatic nitrogens is 2. The van der Waals surface area contributed by atoms with Crippen LogP contribution in [0.15, 0.2) is 24.8 Å². The van der Waals surface area contributed by atoms with Crippen molar-refractivity contribution in [3.63, 3.8) is 0 Å². The molecule has 1 aliphatic carbocycles. The largest absolute Gasteiger partial charge is 0.490 e. The molecule has 3 rings (SSSR count). The van der Waals surface area contributed by atoms with E-state index >= 15 is 0 Å². The number of hydrogen-bond donors (Lipinski definition) is 1. The Hall–Kier alpha value is -2.92. The summed E-state index contributed by atoms with van der Waals surface area (Å²) in [6.07, 6.45) is 8.80. The molecule has 0 aromatic carbocycles. The van der Waals surface area contributed by atoms with Crippen LogP contribution in [0.3, 0.4) is 0 Å². The SMILES string of the molecule is CC(CCOc1cncnc1)N(c1cc(C#CC(C)(C)C)sc1C(=O)O)C(=O)[C@H]1CC[C@H](C)CC1. The number of hydrogen-bond acceptors (Lipinski definition) is 6. The Kier molecular flexibility index (Phi) is 8.90. The van der Waals surface area contributed by atoms with Gasteiger partial charge in [-0.2, -0.15) is 0 Å². The maximum Gasteiger partial charge on any atom is 0.348 e. The van der Waals surface area contributed by atoms with Gasteiger partial charge in [-0.25, -0.2) is 14.8 Å². The van der Waals surface area contributed by atoms with Crippen LogP contribution in [0.2, 0.25) is 0 Å². The normalized spacial score (nSPS) is 18.8. The number of amides is 1. The van der Waals surface area contributed by atoms with E-state index in [9.17, 15) is 14.7 Å². The number of aromatic carboxylic acids is 1. The molecule has 1 amide bonds. The molecular weight excluding hydrogens is 462 g/mol. The Morgan fingerprint density at radius 3 is 2.49 bits per heavy atom. The van der Waals surface area contributed by atoms with E-state index in [1.54, 1.807) is 23.4 Å². The van der Waals surface area contributed by atoms with Gasteiger partial charge in [0.1, 0.15) is 11.2 Å². The zero-order valence-corrected chi connectivity index (χ0v) is 22.0. The third-order valence-electron chi connectivity index (χ3n) is 6.11. The second-order valence-corrected chi connectivity index (χ2v) is 11.4. The highest BCUT2D eigenvalue weighted by atomic mass is 32.1. The quantitative estimate of drug-likeness (QED) is 0.474. The molecule has 35 heavy (non-hydrogen) atoms. The number of thiophene rings is 1. The maximum absolute atomic E-state index is 13.8. The van der Waals surface area contributed by atoms with Crippen molar-refractivity contribution in [3.8, 4) is 17.6 Å². The van der Waals surface area contributed by atoms with E-state index in [1.165, 1.54) is 6.33 Å². The van der Waals surface area contributed by atoms with E-state index in [1.807, 2.05) is 27.7 Å². The van der Waals surface area contributed by atoms with Gasteiger partial charge >= 0.3 is 5.97 Å². The molecule has 0 aliphatic heterocycles. The number of anilines is 1. The minimum atomic E-state index is -1.05. The van der Waals surface area contributed by atoms with Crippen molar-refractivity contribution < 1.29 is 19.4 Å². The van der Waals surface area contributed by atoms with Gasteiger partial charge < -0.3 is 14.7 Å². The van der Waals surface area contributed by atoms with Gasteiger partial charge in [0.05, 0.1) is 29.6 Å². The monoisotopic (exact) mass is 497 g/mol. The van der Waals surface area contributed by atoms with E-state index in [0.29, 0.717) is 35.3 Å². The Morgan fingerprint density at radius 2 is 1.89 bits per heavy atom. The fourth-order valence-corrected chi connectivity index (χ4v) is 4.98. The first-order valence-corrected chi connectivity index (χ1v) is 13.0. The summed E-state index contributed by atoms with van der Waals surface area (Å²) in [6, 6.07) is 1.50. The van der Waals surface area contributed by atoms with Crippen LogP contribution in [-0.2, 0) is 4.79 Å². The van der Waals surface area contributed by atoms with Crippen molar-refractivity contribution in [2.45, 2.75) is 72.8 Å². The summed E-state index contributed by atoms with van der Waals surface area (Å²) in [4.78, 5) is 36.4. The first kappa shape index (κ1) is 26.7. The summed E-state index contributed by atoms with van der Waals surface area (Å²) in [5, 5.41) is 9.98. The van der Waals surface area contributed by atoms with Gasteiger partial charge in [0.15, 0.2) is 5.75 Å². The van der Waals surface area contributed by atoms with Gasteiger partial charge in [0.25, 0.3) is 0 Å². The molecule has 1 atom stereocenters. The van der Waals surface area contributed by atoms with E-state index in [0.717, 1.165) is 37.0 Å². The zero-order chi connectivity index (χ0) is 25.6. The van der Waals surface area contributed by atoms with Gasteiger partial charge in [0, 0.05) is 23.8 Å². The number of carboxylic acids is 1. The number of rotatable bonds is 8. The molecule has 188 valence electrons. The Bertz CT molecular complexity index is 1070. The number of carbonyl (C=O) groups excluding carboxylic acids is 1. The lowest BCUT2D eigenvalue weighted by Gasteiger charge is -2.34. The first-order valence-electron chi connectivity index (χ1n) is 12.2. The third kappa shape index (κ3) is 7.53.